The fourth-order valence-electron chi connectivity index (χ4n) is 3.80. The highest BCUT2D eigenvalue weighted by molar-refractivity contribution is 6.16. The molecule has 2 N–H and O–H groups in total. The summed E-state index contributed by atoms with van der Waals surface area (Å²) in [4.78, 5) is 38.6. The summed E-state index contributed by atoms with van der Waals surface area (Å²) in [5, 5.41) is 5.25. The number of anilines is 1. The van der Waals surface area contributed by atoms with Gasteiger partial charge in [-0.2, -0.15) is 0 Å². The van der Waals surface area contributed by atoms with Crippen LogP contribution in [0.15, 0.2) is 72.4 Å². The maximum Gasteiger partial charge on any atom is 0.329 e. The molecule has 0 aliphatic carbocycles. The number of rotatable bonds is 9. The minimum atomic E-state index is -0.654. The van der Waals surface area contributed by atoms with Gasteiger partial charge in [-0.15, -0.1) is 0 Å². The predicted molar refractivity (Wildman–Crippen MR) is 141 cm³/mol. The van der Waals surface area contributed by atoms with Crippen molar-refractivity contribution < 1.29 is 23.9 Å². The monoisotopic (exact) mass is 499 g/mol. The van der Waals surface area contributed by atoms with Gasteiger partial charge in [-0.25, -0.2) is 9.69 Å². The summed E-state index contributed by atoms with van der Waals surface area (Å²) >= 11 is 0. The fraction of sp³-hybridized carbons (Fsp3) is 0.207. The standard InChI is InChI=1S/C29H29N3O5/c1-4-36-26-16-22(12-13-25(26)37-18-21-10-8-19(2)9-11-21)15-24-28(34)32(29(35)31-24)17-27(33)30-23-7-5-6-20(3)14-23/h5-16H,4,17-18H2,1-3H3,(H,30,33)(H,31,35)/b24-15+. The number of carbonyl (C=O) groups excluding carboxylic acids is 3. The fourth-order valence-corrected chi connectivity index (χ4v) is 3.80. The van der Waals surface area contributed by atoms with Crippen LogP contribution in [0.2, 0.25) is 0 Å². The average Bonchev–Trinajstić information content (AvgIpc) is 3.12. The lowest BCUT2D eigenvalue weighted by atomic mass is 10.1. The molecule has 8 heteroatoms. The highest BCUT2D eigenvalue weighted by atomic mass is 16.5. The number of benzene rings is 3. The van der Waals surface area contributed by atoms with E-state index in [0.717, 1.165) is 16.0 Å². The SMILES string of the molecule is CCOc1cc(/C=C2/NC(=O)N(CC(=O)Nc3cccc(C)c3)C2=O)ccc1OCc1ccc(C)cc1. The molecule has 190 valence electrons. The maximum atomic E-state index is 12.9. The highest BCUT2D eigenvalue weighted by Gasteiger charge is 2.35. The molecular formula is C29H29N3O5. The number of carbonyl (C=O) groups is 3. The van der Waals surface area contributed by atoms with Crippen molar-refractivity contribution in [3.8, 4) is 11.5 Å². The summed E-state index contributed by atoms with van der Waals surface area (Å²) in [5.74, 6) is 0.0436. The van der Waals surface area contributed by atoms with Crippen LogP contribution >= 0.6 is 0 Å². The summed E-state index contributed by atoms with van der Waals surface area (Å²) in [6.45, 7) is 6.22. The molecule has 0 aromatic heterocycles. The Morgan fingerprint density at radius 3 is 2.46 bits per heavy atom. The first-order valence-electron chi connectivity index (χ1n) is 12.0. The van der Waals surface area contributed by atoms with Crippen LogP contribution < -0.4 is 20.1 Å². The third kappa shape index (κ3) is 6.55. The number of hydrogen-bond donors (Lipinski definition) is 2. The van der Waals surface area contributed by atoms with Gasteiger partial charge in [0.25, 0.3) is 5.91 Å². The van der Waals surface area contributed by atoms with E-state index in [1.807, 2.05) is 57.2 Å². The first kappa shape index (κ1) is 25.5. The van der Waals surface area contributed by atoms with E-state index >= 15 is 0 Å². The van der Waals surface area contributed by atoms with Crippen LogP contribution in [0.3, 0.4) is 0 Å². The van der Waals surface area contributed by atoms with Gasteiger partial charge in [0.05, 0.1) is 6.61 Å². The Labute approximate surface area is 215 Å². The minimum Gasteiger partial charge on any atom is -0.490 e. The summed E-state index contributed by atoms with van der Waals surface area (Å²) in [5.41, 5.74) is 4.50. The third-order valence-electron chi connectivity index (χ3n) is 5.66. The third-order valence-corrected chi connectivity index (χ3v) is 5.66. The van der Waals surface area contributed by atoms with Crippen molar-refractivity contribution in [3.63, 3.8) is 0 Å². The second-order valence-electron chi connectivity index (χ2n) is 8.71. The molecule has 0 saturated carbocycles. The lowest BCUT2D eigenvalue weighted by Crippen LogP contribution is -2.38. The van der Waals surface area contributed by atoms with E-state index in [4.69, 9.17) is 9.47 Å². The molecule has 4 amide bonds. The van der Waals surface area contributed by atoms with Crippen LogP contribution in [-0.2, 0) is 16.2 Å². The molecule has 37 heavy (non-hydrogen) atoms. The van der Waals surface area contributed by atoms with Crippen LogP contribution in [0, 0.1) is 13.8 Å². The molecule has 4 rings (SSSR count). The van der Waals surface area contributed by atoms with Crippen LogP contribution in [-0.4, -0.2) is 35.9 Å². The zero-order valence-electron chi connectivity index (χ0n) is 21.0. The first-order chi connectivity index (χ1) is 17.8. The van der Waals surface area contributed by atoms with Gasteiger partial charge in [-0.1, -0.05) is 48.0 Å². The first-order valence-corrected chi connectivity index (χ1v) is 12.0. The molecule has 1 saturated heterocycles. The zero-order valence-corrected chi connectivity index (χ0v) is 21.0. The number of nitrogens with zero attached hydrogens (tertiary/aromatic N) is 1. The molecule has 3 aromatic carbocycles. The molecule has 8 nitrogen and oxygen atoms in total. The van der Waals surface area contributed by atoms with Crippen LogP contribution in [0.1, 0.15) is 29.2 Å². The summed E-state index contributed by atoms with van der Waals surface area (Å²) in [6.07, 6.45) is 1.55. The van der Waals surface area contributed by atoms with E-state index in [1.54, 1.807) is 36.4 Å². The zero-order chi connectivity index (χ0) is 26.4. The van der Waals surface area contributed by atoms with Gasteiger partial charge < -0.3 is 20.1 Å². The number of urea groups is 1. The number of hydrogen-bond acceptors (Lipinski definition) is 5. The average molecular weight is 500 g/mol. The molecule has 1 aliphatic rings. The van der Waals surface area contributed by atoms with E-state index in [9.17, 15) is 14.4 Å². The maximum absolute atomic E-state index is 12.9. The smallest absolute Gasteiger partial charge is 0.329 e. The minimum absolute atomic E-state index is 0.0733. The molecule has 0 unspecified atom stereocenters. The van der Waals surface area contributed by atoms with Gasteiger partial charge in [-0.05, 0) is 67.8 Å². The van der Waals surface area contributed by atoms with E-state index in [2.05, 4.69) is 10.6 Å². The Balaban J connectivity index is 1.44. The van der Waals surface area contributed by atoms with Crippen molar-refractivity contribution in [2.24, 2.45) is 0 Å². The van der Waals surface area contributed by atoms with Crippen LogP contribution in [0.5, 0.6) is 11.5 Å². The lowest BCUT2D eigenvalue weighted by Gasteiger charge is -2.13. The quantitative estimate of drug-likeness (QED) is 0.325. The Kier molecular flexibility index (Phi) is 7.88. The molecule has 1 aliphatic heterocycles. The second kappa shape index (κ2) is 11.4. The molecule has 1 heterocycles. The van der Waals surface area contributed by atoms with E-state index in [-0.39, 0.29) is 5.70 Å². The summed E-state index contributed by atoms with van der Waals surface area (Å²) in [6, 6.07) is 20.0. The largest absolute Gasteiger partial charge is 0.490 e. The second-order valence-corrected chi connectivity index (χ2v) is 8.71. The molecule has 0 atom stereocenters. The molecule has 0 bridgehead atoms. The number of aryl methyl sites for hydroxylation is 2. The van der Waals surface area contributed by atoms with Gasteiger partial charge in [-0.3, -0.25) is 9.59 Å². The molecule has 1 fully saturated rings. The van der Waals surface area contributed by atoms with Crippen molar-refractivity contribution in [2.45, 2.75) is 27.4 Å². The van der Waals surface area contributed by atoms with Gasteiger partial charge >= 0.3 is 6.03 Å². The summed E-state index contributed by atoms with van der Waals surface area (Å²) < 4.78 is 11.7. The van der Waals surface area contributed by atoms with Crippen LogP contribution in [0.4, 0.5) is 10.5 Å². The van der Waals surface area contributed by atoms with Crippen molar-refractivity contribution in [1.82, 2.24) is 10.2 Å². The van der Waals surface area contributed by atoms with Crippen molar-refractivity contribution in [3.05, 3.63) is 94.7 Å². The van der Waals surface area contributed by atoms with Crippen LogP contribution in [0.25, 0.3) is 6.08 Å². The van der Waals surface area contributed by atoms with E-state index < -0.39 is 24.4 Å². The summed E-state index contributed by atoms with van der Waals surface area (Å²) in [7, 11) is 0. The molecular weight excluding hydrogens is 470 g/mol. The molecule has 3 aromatic rings. The topological polar surface area (TPSA) is 97.0 Å². The van der Waals surface area contributed by atoms with Gasteiger partial charge in [0.1, 0.15) is 18.8 Å². The van der Waals surface area contributed by atoms with E-state index in [0.29, 0.717) is 36.0 Å². The highest BCUT2D eigenvalue weighted by Crippen LogP contribution is 2.30. The number of ether oxygens (including phenoxy) is 2. The number of amides is 4. The molecule has 0 radical (unpaired) electrons. The van der Waals surface area contributed by atoms with E-state index in [1.165, 1.54) is 5.56 Å². The Morgan fingerprint density at radius 1 is 0.946 bits per heavy atom. The van der Waals surface area contributed by atoms with Gasteiger partial charge in [0, 0.05) is 5.69 Å². The normalized spacial score (nSPS) is 14.0. The Morgan fingerprint density at radius 2 is 1.73 bits per heavy atom. The lowest BCUT2D eigenvalue weighted by molar-refractivity contribution is -0.127. The van der Waals surface area contributed by atoms with Gasteiger partial charge in [0.2, 0.25) is 5.91 Å². The van der Waals surface area contributed by atoms with Crippen molar-refractivity contribution in [2.75, 3.05) is 18.5 Å². The van der Waals surface area contributed by atoms with Crippen molar-refractivity contribution in [1.29, 1.82) is 0 Å². The molecule has 0 spiro atoms. The Bertz CT molecular complexity index is 1350. The predicted octanol–water partition coefficient (Wildman–Crippen LogP) is 4.81. The Hall–Kier alpha value is -4.59. The number of nitrogens with one attached hydrogen (secondary N) is 2. The van der Waals surface area contributed by atoms with Gasteiger partial charge in [0.15, 0.2) is 11.5 Å². The number of imide groups is 1. The van der Waals surface area contributed by atoms with Crippen molar-refractivity contribution >= 4 is 29.6 Å².